The Hall–Kier alpha value is 0.660. The van der Waals surface area contributed by atoms with Crippen LogP contribution in [0.1, 0.15) is 77.0 Å². The van der Waals surface area contributed by atoms with E-state index in [0.717, 1.165) is 24.7 Å². The molecular formula is C16H34OS2. The zero-order valence-electron chi connectivity index (χ0n) is 12.6. The van der Waals surface area contributed by atoms with Crippen molar-refractivity contribution in [3.8, 4) is 0 Å². The molecule has 0 radical (unpaired) electrons. The Morgan fingerprint density at radius 3 is 1.11 bits per heavy atom. The van der Waals surface area contributed by atoms with Crippen LogP contribution in [0.15, 0.2) is 0 Å². The Kier molecular flexibility index (Phi) is 19.3. The van der Waals surface area contributed by atoms with Gasteiger partial charge in [-0.1, -0.05) is 51.4 Å². The standard InChI is InChI=1S/C16H34OS2/c18-15-11-7-3-1-5-9-13-17-14-10-6-2-4-8-12-16-19/h18-19H,1-16H2. The minimum absolute atomic E-state index is 0.965. The Balaban J connectivity index is 2.88. The van der Waals surface area contributed by atoms with Crippen LogP contribution >= 0.6 is 25.3 Å². The predicted octanol–water partition coefficient (Wildman–Crippen LogP) is 5.54. The van der Waals surface area contributed by atoms with Gasteiger partial charge in [0.15, 0.2) is 0 Å². The van der Waals surface area contributed by atoms with Crippen molar-refractivity contribution in [1.82, 2.24) is 0 Å². The first-order valence-electron chi connectivity index (χ1n) is 8.21. The third-order valence-electron chi connectivity index (χ3n) is 3.39. The first kappa shape index (κ1) is 19.7. The summed E-state index contributed by atoms with van der Waals surface area (Å²) in [7, 11) is 0. The van der Waals surface area contributed by atoms with Crippen molar-refractivity contribution in [3.63, 3.8) is 0 Å². The SMILES string of the molecule is SCCCCCCCCOCCCCCCCCS. The summed E-state index contributed by atoms with van der Waals surface area (Å²) in [5, 5.41) is 0. The molecule has 0 amide bonds. The lowest BCUT2D eigenvalue weighted by molar-refractivity contribution is 0.125. The van der Waals surface area contributed by atoms with Gasteiger partial charge in [-0.15, -0.1) is 0 Å². The molecule has 0 heterocycles. The van der Waals surface area contributed by atoms with E-state index in [1.807, 2.05) is 0 Å². The molecule has 0 bridgehead atoms. The van der Waals surface area contributed by atoms with E-state index in [-0.39, 0.29) is 0 Å². The van der Waals surface area contributed by atoms with Gasteiger partial charge in [-0.3, -0.25) is 0 Å². The van der Waals surface area contributed by atoms with Crippen molar-refractivity contribution in [1.29, 1.82) is 0 Å². The van der Waals surface area contributed by atoms with E-state index in [0.29, 0.717) is 0 Å². The lowest BCUT2D eigenvalue weighted by Crippen LogP contribution is -1.97. The van der Waals surface area contributed by atoms with Crippen LogP contribution in [0.25, 0.3) is 0 Å². The van der Waals surface area contributed by atoms with Crippen LogP contribution < -0.4 is 0 Å². The highest BCUT2D eigenvalue weighted by Gasteiger charge is 1.93. The average molecular weight is 307 g/mol. The van der Waals surface area contributed by atoms with Crippen LogP contribution in [0.5, 0.6) is 0 Å². The average Bonchev–Trinajstić information content (AvgIpc) is 2.43. The first-order chi connectivity index (χ1) is 9.41. The summed E-state index contributed by atoms with van der Waals surface area (Å²) in [4.78, 5) is 0. The maximum Gasteiger partial charge on any atom is 0.0466 e. The molecule has 0 fully saturated rings. The molecule has 0 saturated carbocycles. The minimum atomic E-state index is 0.965. The third kappa shape index (κ3) is 18.7. The predicted molar refractivity (Wildman–Crippen MR) is 93.9 cm³/mol. The Morgan fingerprint density at radius 2 is 0.737 bits per heavy atom. The topological polar surface area (TPSA) is 9.23 Å². The van der Waals surface area contributed by atoms with Crippen molar-refractivity contribution >= 4 is 25.3 Å². The second-order valence-corrected chi connectivity index (χ2v) is 6.20. The molecule has 0 aromatic carbocycles. The summed E-state index contributed by atoms with van der Waals surface area (Å²) in [5.74, 6) is 2.08. The zero-order chi connectivity index (χ0) is 14.0. The van der Waals surface area contributed by atoms with E-state index in [1.54, 1.807) is 0 Å². The fourth-order valence-corrected chi connectivity index (χ4v) is 2.60. The highest BCUT2D eigenvalue weighted by atomic mass is 32.1. The molecule has 0 N–H and O–H groups in total. The largest absolute Gasteiger partial charge is 0.381 e. The second kappa shape index (κ2) is 18.7. The molecular weight excluding hydrogens is 272 g/mol. The number of thiol groups is 2. The Morgan fingerprint density at radius 1 is 0.421 bits per heavy atom. The van der Waals surface area contributed by atoms with Crippen LogP contribution in [-0.2, 0) is 4.74 Å². The molecule has 0 unspecified atom stereocenters. The summed E-state index contributed by atoms with van der Waals surface area (Å²) in [6.07, 6.45) is 15.8. The monoisotopic (exact) mass is 306 g/mol. The van der Waals surface area contributed by atoms with Gasteiger partial charge in [-0.25, -0.2) is 0 Å². The third-order valence-corrected chi connectivity index (χ3v) is 4.03. The summed E-state index contributed by atoms with van der Waals surface area (Å²) in [6.45, 7) is 1.93. The van der Waals surface area contributed by atoms with E-state index < -0.39 is 0 Å². The molecule has 116 valence electrons. The van der Waals surface area contributed by atoms with Gasteiger partial charge in [0.1, 0.15) is 0 Å². The quantitative estimate of drug-likeness (QED) is 0.281. The summed E-state index contributed by atoms with van der Waals surface area (Å²) >= 11 is 8.44. The van der Waals surface area contributed by atoms with Crippen LogP contribution in [0, 0.1) is 0 Å². The molecule has 0 aromatic rings. The van der Waals surface area contributed by atoms with Gasteiger partial charge >= 0.3 is 0 Å². The van der Waals surface area contributed by atoms with Gasteiger partial charge < -0.3 is 4.74 Å². The van der Waals surface area contributed by atoms with Crippen LogP contribution in [-0.4, -0.2) is 24.7 Å². The number of unbranched alkanes of at least 4 members (excludes halogenated alkanes) is 10. The number of hydrogen-bond acceptors (Lipinski definition) is 3. The Bertz CT molecular complexity index is 138. The number of rotatable bonds is 16. The molecule has 0 aliphatic carbocycles. The summed E-state index contributed by atoms with van der Waals surface area (Å²) < 4.78 is 5.66. The maximum atomic E-state index is 5.66. The molecule has 0 atom stereocenters. The molecule has 19 heavy (non-hydrogen) atoms. The zero-order valence-corrected chi connectivity index (χ0v) is 14.4. The maximum absolute atomic E-state index is 5.66. The lowest BCUT2D eigenvalue weighted by Gasteiger charge is -2.04. The highest BCUT2D eigenvalue weighted by molar-refractivity contribution is 7.80. The number of ether oxygens (including phenoxy) is 1. The van der Waals surface area contributed by atoms with E-state index in [4.69, 9.17) is 4.74 Å². The molecule has 0 aliphatic heterocycles. The van der Waals surface area contributed by atoms with Crippen LogP contribution in [0.2, 0.25) is 0 Å². The molecule has 0 spiro atoms. The van der Waals surface area contributed by atoms with Crippen LogP contribution in [0.3, 0.4) is 0 Å². The fraction of sp³-hybridized carbons (Fsp3) is 1.00. The lowest BCUT2D eigenvalue weighted by atomic mass is 10.1. The highest BCUT2D eigenvalue weighted by Crippen LogP contribution is 2.07. The van der Waals surface area contributed by atoms with Crippen molar-refractivity contribution in [2.45, 2.75) is 77.0 Å². The Labute approximate surface area is 132 Å². The van der Waals surface area contributed by atoms with Gasteiger partial charge in [-0.05, 0) is 37.2 Å². The number of hydrogen-bond donors (Lipinski definition) is 2. The fourth-order valence-electron chi connectivity index (χ4n) is 2.15. The molecule has 1 nitrogen and oxygen atoms in total. The van der Waals surface area contributed by atoms with Crippen molar-refractivity contribution in [3.05, 3.63) is 0 Å². The molecule has 3 heteroatoms. The summed E-state index contributed by atoms with van der Waals surface area (Å²) in [5.41, 5.74) is 0. The van der Waals surface area contributed by atoms with E-state index >= 15 is 0 Å². The smallest absolute Gasteiger partial charge is 0.0466 e. The van der Waals surface area contributed by atoms with Crippen molar-refractivity contribution < 1.29 is 4.74 Å². The van der Waals surface area contributed by atoms with Crippen LogP contribution in [0.4, 0.5) is 0 Å². The summed E-state index contributed by atoms with van der Waals surface area (Å²) in [6, 6.07) is 0. The van der Waals surface area contributed by atoms with Gasteiger partial charge in [0.05, 0.1) is 0 Å². The van der Waals surface area contributed by atoms with Crippen molar-refractivity contribution in [2.24, 2.45) is 0 Å². The van der Waals surface area contributed by atoms with Gasteiger partial charge in [0, 0.05) is 13.2 Å². The molecule has 0 aliphatic rings. The molecule has 0 rings (SSSR count). The van der Waals surface area contributed by atoms with E-state index in [2.05, 4.69) is 25.3 Å². The molecule has 0 aromatic heterocycles. The van der Waals surface area contributed by atoms with Gasteiger partial charge in [0.25, 0.3) is 0 Å². The van der Waals surface area contributed by atoms with Gasteiger partial charge in [0.2, 0.25) is 0 Å². The van der Waals surface area contributed by atoms with Gasteiger partial charge in [-0.2, -0.15) is 25.3 Å². The normalized spacial score (nSPS) is 11.1. The van der Waals surface area contributed by atoms with E-state index in [9.17, 15) is 0 Å². The van der Waals surface area contributed by atoms with Crippen molar-refractivity contribution in [2.75, 3.05) is 24.7 Å². The van der Waals surface area contributed by atoms with E-state index in [1.165, 1.54) is 77.0 Å². The molecule has 0 saturated heterocycles. The minimum Gasteiger partial charge on any atom is -0.381 e. The second-order valence-electron chi connectivity index (χ2n) is 5.30. The first-order valence-corrected chi connectivity index (χ1v) is 9.47.